The first kappa shape index (κ1) is 11.1. The Morgan fingerprint density at radius 1 is 1.38 bits per heavy atom. The van der Waals surface area contributed by atoms with Crippen molar-refractivity contribution in [1.82, 2.24) is 0 Å². The van der Waals surface area contributed by atoms with Gasteiger partial charge in [0.15, 0.2) is 8.38 Å². The molecule has 0 saturated heterocycles. The van der Waals surface area contributed by atoms with Gasteiger partial charge in [0.25, 0.3) is 0 Å². The van der Waals surface area contributed by atoms with E-state index in [1.165, 1.54) is 0 Å². The summed E-state index contributed by atoms with van der Waals surface area (Å²) in [7, 11) is -1.28. The SMILES string of the molecule is CCOP(O)Cc1ccc(Br)cc1. The van der Waals surface area contributed by atoms with Crippen LogP contribution in [0.5, 0.6) is 0 Å². The fraction of sp³-hybridized carbons (Fsp3) is 0.333. The van der Waals surface area contributed by atoms with Crippen molar-refractivity contribution in [2.45, 2.75) is 13.1 Å². The van der Waals surface area contributed by atoms with Gasteiger partial charge in [-0.25, -0.2) is 0 Å². The molecule has 1 N–H and O–H groups in total. The first-order chi connectivity index (χ1) is 6.22. The van der Waals surface area contributed by atoms with Gasteiger partial charge in [0.2, 0.25) is 0 Å². The van der Waals surface area contributed by atoms with Gasteiger partial charge in [0.05, 0.1) is 6.61 Å². The maximum absolute atomic E-state index is 9.40. The smallest absolute Gasteiger partial charge is 0.172 e. The highest BCUT2D eigenvalue weighted by atomic mass is 79.9. The van der Waals surface area contributed by atoms with Crippen LogP contribution in [-0.2, 0) is 10.7 Å². The largest absolute Gasteiger partial charge is 0.350 e. The monoisotopic (exact) mass is 262 g/mol. The van der Waals surface area contributed by atoms with Crippen LogP contribution in [0.1, 0.15) is 12.5 Å². The minimum absolute atomic E-state index is 0.568. The molecule has 13 heavy (non-hydrogen) atoms. The lowest BCUT2D eigenvalue weighted by molar-refractivity contribution is 0.328. The van der Waals surface area contributed by atoms with E-state index in [1.807, 2.05) is 31.2 Å². The van der Waals surface area contributed by atoms with Gasteiger partial charge in [-0.05, 0) is 24.6 Å². The lowest BCUT2D eigenvalue weighted by Crippen LogP contribution is -1.88. The summed E-state index contributed by atoms with van der Waals surface area (Å²) in [6.45, 7) is 2.45. The molecule has 0 amide bonds. The molecule has 0 spiro atoms. The molecular weight excluding hydrogens is 251 g/mol. The van der Waals surface area contributed by atoms with E-state index < -0.39 is 8.38 Å². The molecule has 0 radical (unpaired) electrons. The quantitative estimate of drug-likeness (QED) is 0.844. The maximum Gasteiger partial charge on any atom is 0.172 e. The van der Waals surface area contributed by atoms with E-state index in [1.54, 1.807) is 0 Å². The number of benzene rings is 1. The molecule has 0 aliphatic rings. The van der Waals surface area contributed by atoms with Crippen molar-refractivity contribution in [2.24, 2.45) is 0 Å². The van der Waals surface area contributed by atoms with Crippen LogP contribution in [0.3, 0.4) is 0 Å². The summed E-state index contributed by atoms with van der Waals surface area (Å²) in [4.78, 5) is 9.40. The van der Waals surface area contributed by atoms with E-state index in [9.17, 15) is 4.89 Å². The molecule has 4 heteroatoms. The molecule has 2 nitrogen and oxygen atoms in total. The fourth-order valence-electron chi connectivity index (χ4n) is 0.941. The Labute approximate surface area is 88.0 Å². The highest BCUT2D eigenvalue weighted by Crippen LogP contribution is 2.35. The average molecular weight is 263 g/mol. The average Bonchev–Trinajstić information content (AvgIpc) is 2.09. The minimum Gasteiger partial charge on any atom is -0.350 e. The van der Waals surface area contributed by atoms with E-state index >= 15 is 0 Å². The molecule has 0 aliphatic heterocycles. The van der Waals surface area contributed by atoms with Crippen molar-refractivity contribution in [3.05, 3.63) is 34.3 Å². The van der Waals surface area contributed by atoms with Crippen molar-refractivity contribution in [3.63, 3.8) is 0 Å². The molecular formula is C9H12BrO2P. The Hall–Kier alpha value is 0.0500. The van der Waals surface area contributed by atoms with Crippen molar-refractivity contribution in [3.8, 4) is 0 Å². The third-order valence-corrected chi connectivity index (χ3v) is 3.23. The van der Waals surface area contributed by atoms with E-state index in [0.29, 0.717) is 12.8 Å². The summed E-state index contributed by atoms with van der Waals surface area (Å²) < 4.78 is 6.14. The second-order valence-electron chi connectivity index (χ2n) is 2.55. The molecule has 0 aliphatic carbocycles. The van der Waals surface area contributed by atoms with Crippen molar-refractivity contribution in [2.75, 3.05) is 6.61 Å². The Kier molecular flexibility index (Phi) is 4.89. The highest BCUT2D eigenvalue weighted by Gasteiger charge is 2.04. The summed E-state index contributed by atoms with van der Waals surface area (Å²) in [6.07, 6.45) is 0.608. The zero-order chi connectivity index (χ0) is 9.68. The lowest BCUT2D eigenvalue weighted by atomic mass is 10.2. The molecule has 1 aromatic rings. The van der Waals surface area contributed by atoms with Crippen molar-refractivity contribution < 1.29 is 9.42 Å². The molecule has 1 rings (SSSR count). The maximum atomic E-state index is 9.40. The number of hydrogen-bond acceptors (Lipinski definition) is 2. The predicted molar refractivity (Wildman–Crippen MR) is 58.6 cm³/mol. The van der Waals surface area contributed by atoms with E-state index in [4.69, 9.17) is 4.52 Å². The van der Waals surface area contributed by atoms with Crippen LogP contribution in [0.2, 0.25) is 0 Å². The first-order valence-corrected chi connectivity index (χ1v) is 6.25. The van der Waals surface area contributed by atoms with Crippen LogP contribution in [0, 0.1) is 0 Å². The van der Waals surface area contributed by atoms with Gasteiger partial charge in [-0.2, -0.15) is 0 Å². The Morgan fingerprint density at radius 2 is 2.00 bits per heavy atom. The first-order valence-electron chi connectivity index (χ1n) is 4.06. The zero-order valence-electron chi connectivity index (χ0n) is 7.40. The van der Waals surface area contributed by atoms with Crippen LogP contribution in [0.15, 0.2) is 28.7 Å². The zero-order valence-corrected chi connectivity index (χ0v) is 9.88. The minimum atomic E-state index is -1.28. The molecule has 1 atom stereocenters. The van der Waals surface area contributed by atoms with Crippen LogP contribution < -0.4 is 0 Å². The molecule has 0 aromatic heterocycles. The normalized spacial score (nSPS) is 12.8. The van der Waals surface area contributed by atoms with Gasteiger partial charge in [0, 0.05) is 10.6 Å². The summed E-state index contributed by atoms with van der Waals surface area (Å²) >= 11 is 3.35. The van der Waals surface area contributed by atoms with Crippen LogP contribution in [0.4, 0.5) is 0 Å². The van der Waals surface area contributed by atoms with E-state index in [0.717, 1.165) is 10.0 Å². The van der Waals surface area contributed by atoms with Crippen molar-refractivity contribution >= 4 is 24.3 Å². The Morgan fingerprint density at radius 3 is 2.54 bits per heavy atom. The molecule has 0 heterocycles. The second-order valence-corrected chi connectivity index (χ2v) is 4.75. The van der Waals surface area contributed by atoms with Crippen molar-refractivity contribution in [1.29, 1.82) is 0 Å². The molecule has 1 aromatic carbocycles. The Bertz CT molecular complexity index is 250. The molecule has 1 unspecified atom stereocenters. The van der Waals surface area contributed by atoms with Crippen LogP contribution >= 0.6 is 24.3 Å². The summed E-state index contributed by atoms with van der Waals surface area (Å²) in [6, 6.07) is 7.89. The topological polar surface area (TPSA) is 29.5 Å². The fourth-order valence-corrected chi connectivity index (χ4v) is 2.12. The van der Waals surface area contributed by atoms with Crippen LogP contribution in [0.25, 0.3) is 0 Å². The van der Waals surface area contributed by atoms with Gasteiger partial charge >= 0.3 is 0 Å². The summed E-state index contributed by atoms with van der Waals surface area (Å²) in [5.41, 5.74) is 1.10. The summed E-state index contributed by atoms with van der Waals surface area (Å²) in [5, 5.41) is 0. The van der Waals surface area contributed by atoms with E-state index in [-0.39, 0.29) is 0 Å². The molecule has 0 saturated carbocycles. The highest BCUT2D eigenvalue weighted by molar-refractivity contribution is 9.10. The van der Waals surface area contributed by atoms with Gasteiger partial charge in [0.1, 0.15) is 0 Å². The van der Waals surface area contributed by atoms with Gasteiger partial charge in [-0.15, -0.1) is 0 Å². The van der Waals surface area contributed by atoms with Gasteiger partial charge in [-0.1, -0.05) is 28.1 Å². The number of rotatable bonds is 4. The van der Waals surface area contributed by atoms with Gasteiger partial charge < -0.3 is 9.42 Å². The second kappa shape index (κ2) is 5.71. The lowest BCUT2D eigenvalue weighted by Gasteiger charge is -2.08. The molecule has 72 valence electrons. The molecule has 0 fully saturated rings. The van der Waals surface area contributed by atoms with Crippen LogP contribution in [-0.4, -0.2) is 11.5 Å². The summed E-state index contributed by atoms with van der Waals surface area (Å²) in [5.74, 6) is 0. The third kappa shape index (κ3) is 4.19. The predicted octanol–water partition coefficient (Wildman–Crippen LogP) is 3.29. The Balaban J connectivity index is 2.49. The van der Waals surface area contributed by atoms with Gasteiger partial charge in [-0.3, -0.25) is 0 Å². The number of halogens is 1. The number of hydrogen-bond donors (Lipinski definition) is 1. The van der Waals surface area contributed by atoms with E-state index in [2.05, 4.69) is 15.9 Å². The molecule has 0 bridgehead atoms. The standard InChI is InChI=1S/C9H12BrO2P/c1-2-12-13(11)7-8-3-5-9(10)6-4-8/h3-6,11H,2,7H2,1H3. The third-order valence-electron chi connectivity index (χ3n) is 1.51.